The Morgan fingerprint density at radius 2 is 2.11 bits per heavy atom. The third-order valence-electron chi connectivity index (χ3n) is 1.35. The maximum absolute atomic E-state index is 5.95. The zero-order valence-electron chi connectivity index (χ0n) is 5.14. The molecule has 0 spiro atoms. The minimum Gasteiger partial charge on any atom is -0.116 e. The molecule has 1 aliphatic carbocycles. The molecule has 0 nitrogen and oxygen atoms in total. The molecule has 0 aromatic carbocycles. The molecular weight excluding hydrogens is 155 g/mol. The van der Waals surface area contributed by atoms with Crippen LogP contribution < -0.4 is 0 Å². The van der Waals surface area contributed by atoms with Gasteiger partial charge < -0.3 is 0 Å². The van der Waals surface area contributed by atoms with E-state index in [0.29, 0.717) is 0 Å². The Bertz CT molecular complexity index is 156. The van der Waals surface area contributed by atoms with Crippen molar-refractivity contribution in [2.45, 2.75) is 17.2 Å². The predicted molar refractivity (Wildman–Crippen MR) is 42.2 cm³/mol. The lowest BCUT2D eigenvalue weighted by atomic mass is 10.0. The summed E-state index contributed by atoms with van der Waals surface area (Å²) < 4.78 is 0. The maximum atomic E-state index is 5.95. The quantitative estimate of drug-likeness (QED) is 0.481. The molecule has 0 aliphatic heterocycles. The molecule has 2 atom stereocenters. The minimum atomic E-state index is -0.393. The highest BCUT2D eigenvalue weighted by atomic mass is 35.5. The smallest absolute Gasteiger partial charge is 0.0799 e. The summed E-state index contributed by atoms with van der Waals surface area (Å²) >= 11 is 11.8. The Morgan fingerprint density at radius 1 is 1.44 bits per heavy atom. The van der Waals surface area contributed by atoms with Gasteiger partial charge in [-0.2, -0.15) is 0 Å². The van der Waals surface area contributed by atoms with Gasteiger partial charge in [0.15, 0.2) is 0 Å². The maximum Gasteiger partial charge on any atom is 0.0799 e. The monoisotopic (exact) mass is 162 g/mol. The Kier molecular flexibility index (Phi) is 1.88. The van der Waals surface area contributed by atoms with Crippen LogP contribution in [0.4, 0.5) is 0 Å². The van der Waals surface area contributed by atoms with E-state index in [1.54, 1.807) is 0 Å². The van der Waals surface area contributed by atoms with E-state index in [1.807, 2.05) is 31.2 Å². The molecule has 0 fully saturated rings. The average molecular weight is 163 g/mol. The van der Waals surface area contributed by atoms with Gasteiger partial charge in [0, 0.05) is 0 Å². The second-order valence-corrected chi connectivity index (χ2v) is 3.58. The van der Waals surface area contributed by atoms with Gasteiger partial charge in [-0.1, -0.05) is 24.3 Å². The van der Waals surface area contributed by atoms with Crippen molar-refractivity contribution >= 4 is 23.2 Å². The van der Waals surface area contributed by atoms with Crippen LogP contribution in [0, 0.1) is 0 Å². The molecule has 2 heteroatoms. The summed E-state index contributed by atoms with van der Waals surface area (Å²) in [7, 11) is 0. The fourth-order valence-corrected chi connectivity index (χ4v) is 0.988. The summed E-state index contributed by atoms with van der Waals surface area (Å²) in [6.07, 6.45) is 7.59. The first-order chi connectivity index (χ1) is 4.13. The molecule has 50 valence electrons. The number of hydrogen-bond donors (Lipinski definition) is 0. The van der Waals surface area contributed by atoms with Crippen molar-refractivity contribution in [3.63, 3.8) is 0 Å². The third kappa shape index (κ3) is 1.50. The molecule has 0 amide bonds. The second kappa shape index (κ2) is 2.36. The van der Waals surface area contributed by atoms with Gasteiger partial charge in [0.25, 0.3) is 0 Å². The standard InChI is InChI=1S/C7H8Cl2/c1-7(9)5-3-2-4-6(7)8/h2-6H,1H3. The van der Waals surface area contributed by atoms with Crippen LogP contribution in [0.15, 0.2) is 24.3 Å². The molecule has 0 saturated heterocycles. The number of alkyl halides is 2. The Morgan fingerprint density at radius 3 is 2.44 bits per heavy atom. The van der Waals surface area contributed by atoms with Crippen molar-refractivity contribution in [2.75, 3.05) is 0 Å². The van der Waals surface area contributed by atoms with E-state index in [-0.39, 0.29) is 5.38 Å². The lowest BCUT2D eigenvalue weighted by Crippen LogP contribution is -2.26. The SMILES string of the molecule is CC1(Cl)C=CC=CC1Cl. The second-order valence-electron chi connectivity index (χ2n) is 2.30. The molecule has 0 heterocycles. The van der Waals surface area contributed by atoms with Gasteiger partial charge in [0.05, 0.1) is 10.3 Å². The van der Waals surface area contributed by atoms with Crippen LogP contribution in [-0.2, 0) is 0 Å². The Labute approximate surface area is 65.2 Å². The molecule has 1 rings (SSSR count). The molecule has 0 N–H and O–H groups in total. The fourth-order valence-electron chi connectivity index (χ4n) is 0.685. The van der Waals surface area contributed by atoms with E-state index in [4.69, 9.17) is 23.2 Å². The van der Waals surface area contributed by atoms with Crippen molar-refractivity contribution in [1.82, 2.24) is 0 Å². The highest BCUT2D eigenvalue weighted by Crippen LogP contribution is 2.28. The zero-order valence-corrected chi connectivity index (χ0v) is 6.65. The highest BCUT2D eigenvalue weighted by Gasteiger charge is 2.26. The van der Waals surface area contributed by atoms with Crippen molar-refractivity contribution in [3.8, 4) is 0 Å². The summed E-state index contributed by atoms with van der Waals surface area (Å²) in [4.78, 5) is -0.393. The third-order valence-corrected chi connectivity index (χ3v) is 2.42. The van der Waals surface area contributed by atoms with Crippen LogP contribution in [0.3, 0.4) is 0 Å². The van der Waals surface area contributed by atoms with Gasteiger partial charge in [-0.25, -0.2) is 0 Å². The van der Waals surface area contributed by atoms with Gasteiger partial charge in [0.2, 0.25) is 0 Å². The van der Waals surface area contributed by atoms with Crippen LogP contribution in [0.25, 0.3) is 0 Å². The summed E-state index contributed by atoms with van der Waals surface area (Å²) in [6.45, 7) is 1.90. The summed E-state index contributed by atoms with van der Waals surface area (Å²) in [5.74, 6) is 0. The van der Waals surface area contributed by atoms with Gasteiger partial charge in [-0.15, -0.1) is 23.2 Å². The first-order valence-electron chi connectivity index (χ1n) is 2.82. The molecule has 0 aromatic rings. The summed E-state index contributed by atoms with van der Waals surface area (Å²) in [6, 6.07) is 0. The highest BCUT2D eigenvalue weighted by molar-refractivity contribution is 6.34. The van der Waals surface area contributed by atoms with E-state index >= 15 is 0 Å². The molecule has 2 unspecified atom stereocenters. The van der Waals surface area contributed by atoms with E-state index in [2.05, 4.69) is 0 Å². The van der Waals surface area contributed by atoms with Gasteiger partial charge in [-0.3, -0.25) is 0 Å². The summed E-state index contributed by atoms with van der Waals surface area (Å²) in [5, 5.41) is -0.0795. The van der Waals surface area contributed by atoms with Crippen LogP contribution in [-0.4, -0.2) is 10.3 Å². The number of rotatable bonds is 0. The topological polar surface area (TPSA) is 0 Å². The van der Waals surface area contributed by atoms with Crippen molar-refractivity contribution in [1.29, 1.82) is 0 Å². The van der Waals surface area contributed by atoms with Gasteiger partial charge in [0.1, 0.15) is 0 Å². The minimum absolute atomic E-state index is 0.0795. The van der Waals surface area contributed by atoms with Gasteiger partial charge in [-0.05, 0) is 6.92 Å². The number of halogens is 2. The molecular formula is C7H8Cl2. The summed E-state index contributed by atoms with van der Waals surface area (Å²) in [5.41, 5.74) is 0. The molecule has 0 radical (unpaired) electrons. The normalized spacial score (nSPS) is 41.4. The van der Waals surface area contributed by atoms with Crippen LogP contribution >= 0.6 is 23.2 Å². The largest absolute Gasteiger partial charge is 0.116 e. The lowest BCUT2D eigenvalue weighted by Gasteiger charge is -2.23. The van der Waals surface area contributed by atoms with E-state index in [1.165, 1.54) is 0 Å². The molecule has 0 bridgehead atoms. The molecule has 0 saturated carbocycles. The van der Waals surface area contributed by atoms with Crippen LogP contribution in [0.1, 0.15) is 6.92 Å². The average Bonchev–Trinajstić information content (AvgIpc) is 1.77. The predicted octanol–water partition coefficient (Wildman–Crippen LogP) is 2.72. The Hall–Kier alpha value is 0.0600. The van der Waals surface area contributed by atoms with Crippen molar-refractivity contribution < 1.29 is 0 Å². The lowest BCUT2D eigenvalue weighted by molar-refractivity contribution is 0.791. The molecule has 1 aliphatic rings. The number of allylic oxidation sites excluding steroid dienone is 4. The van der Waals surface area contributed by atoms with Gasteiger partial charge >= 0.3 is 0 Å². The first-order valence-corrected chi connectivity index (χ1v) is 3.63. The molecule has 9 heavy (non-hydrogen) atoms. The van der Waals surface area contributed by atoms with Crippen LogP contribution in [0.5, 0.6) is 0 Å². The fraction of sp³-hybridized carbons (Fsp3) is 0.429. The van der Waals surface area contributed by atoms with Crippen LogP contribution in [0.2, 0.25) is 0 Å². The first kappa shape index (κ1) is 7.17. The van der Waals surface area contributed by atoms with Crippen molar-refractivity contribution in [2.24, 2.45) is 0 Å². The van der Waals surface area contributed by atoms with E-state index < -0.39 is 4.87 Å². The van der Waals surface area contributed by atoms with E-state index in [9.17, 15) is 0 Å². The Balaban J connectivity index is 2.78. The molecule has 0 aromatic heterocycles. The van der Waals surface area contributed by atoms with E-state index in [0.717, 1.165) is 0 Å². The zero-order chi connectivity index (χ0) is 6.91. The number of hydrogen-bond acceptors (Lipinski definition) is 0. The van der Waals surface area contributed by atoms with Crippen molar-refractivity contribution in [3.05, 3.63) is 24.3 Å².